The number of hydrogen-bond acceptors (Lipinski definition) is 3. The van der Waals surface area contributed by atoms with Crippen LogP contribution in [0.4, 0.5) is 20.2 Å². The molecule has 5 heteroatoms. The average molecular weight is 244 g/mol. The lowest BCUT2D eigenvalue weighted by molar-refractivity contribution is 0.152. The first-order chi connectivity index (χ1) is 8.04. The van der Waals surface area contributed by atoms with Crippen molar-refractivity contribution >= 4 is 11.4 Å². The van der Waals surface area contributed by atoms with Crippen molar-refractivity contribution in [3.8, 4) is 0 Å². The molecule has 0 aliphatic heterocycles. The lowest BCUT2D eigenvalue weighted by atomic mass is 10.1. The number of aliphatic hydroxyl groups is 1. The van der Waals surface area contributed by atoms with Gasteiger partial charge in [-0.1, -0.05) is 0 Å². The molecule has 0 amide bonds. The molecule has 0 radical (unpaired) electrons. The Hall–Kier alpha value is -1.36. The number of nitrogen functional groups attached to an aromatic ring is 1. The Morgan fingerprint density at radius 2 is 2.12 bits per heavy atom. The third-order valence-electron chi connectivity index (χ3n) is 2.51. The molecule has 0 spiro atoms. The summed E-state index contributed by atoms with van der Waals surface area (Å²) >= 11 is 0. The van der Waals surface area contributed by atoms with Gasteiger partial charge in [-0.3, -0.25) is 0 Å². The Kier molecular flexibility index (Phi) is 5.15. The van der Waals surface area contributed by atoms with Gasteiger partial charge < -0.3 is 16.2 Å². The summed E-state index contributed by atoms with van der Waals surface area (Å²) in [6.45, 7) is 2.00. The summed E-state index contributed by atoms with van der Waals surface area (Å²) < 4.78 is 25.5. The summed E-state index contributed by atoms with van der Waals surface area (Å²) in [4.78, 5) is 0. The van der Waals surface area contributed by atoms with Crippen molar-refractivity contribution in [3.63, 3.8) is 0 Å². The molecule has 4 N–H and O–H groups in total. The van der Waals surface area contributed by atoms with Crippen molar-refractivity contribution in [2.45, 2.75) is 32.2 Å². The maximum atomic E-state index is 12.8. The zero-order valence-corrected chi connectivity index (χ0v) is 9.79. The molecule has 96 valence electrons. The first-order valence-electron chi connectivity index (χ1n) is 5.59. The fourth-order valence-corrected chi connectivity index (χ4v) is 1.63. The highest BCUT2D eigenvalue weighted by atomic mass is 19.3. The quantitative estimate of drug-likeness (QED) is 0.674. The summed E-state index contributed by atoms with van der Waals surface area (Å²) in [6.07, 6.45) is -1.18. The first-order valence-corrected chi connectivity index (χ1v) is 5.59. The van der Waals surface area contributed by atoms with Crippen LogP contribution in [0.3, 0.4) is 0 Å². The van der Waals surface area contributed by atoms with Crippen LogP contribution in [0.2, 0.25) is 0 Å². The third-order valence-corrected chi connectivity index (χ3v) is 2.51. The first kappa shape index (κ1) is 13.7. The number of halogens is 2. The van der Waals surface area contributed by atoms with Crippen LogP contribution in [0.5, 0.6) is 0 Å². The SMILES string of the molecule is CC(CCCO)Nc1ccc(N)cc1C(F)F. The van der Waals surface area contributed by atoms with Crippen LogP contribution in [-0.4, -0.2) is 17.8 Å². The number of benzene rings is 1. The number of alkyl halides is 2. The molecule has 0 bridgehead atoms. The Bertz CT molecular complexity index is 358. The van der Waals surface area contributed by atoms with E-state index in [9.17, 15) is 8.78 Å². The van der Waals surface area contributed by atoms with Gasteiger partial charge in [0.1, 0.15) is 0 Å². The van der Waals surface area contributed by atoms with E-state index in [1.165, 1.54) is 6.07 Å². The smallest absolute Gasteiger partial charge is 0.265 e. The van der Waals surface area contributed by atoms with E-state index in [4.69, 9.17) is 10.8 Å². The molecule has 0 aliphatic rings. The summed E-state index contributed by atoms with van der Waals surface area (Å²) in [5.74, 6) is 0. The number of rotatable bonds is 6. The highest BCUT2D eigenvalue weighted by Gasteiger charge is 2.14. The van der Waals surface area contributed by atoms with E-state index in [2.05, 4.69) is 5.32 Å². The van der Waals surface area contributed by atoms with Gasteiger partial charge in [0.2, 0.25) is 0 Å². The molecule has 0 aliphatic carbocycles. The maximum absolute atomic E-state index is 12.8. The second kappa shape index (κ2) is 6.39. The predicted octanol–water partition coefficient (Wildman–Crippen LogP) is 2.78. The van der Waals surface area contributed by atoms with Gasteiger partial charge in [-0.15, -0.1) is 0 Å². The Morgan fingerprint density at radius 3 is 2.71 bits per heavy atom. The molecule has 0 fully saturated rings. The van der Waals surface area contributed by atoms with Crippen molar-refractivity contribution in [3.05, 3.63) is 23.8 Å². The Labute approximate surface area is 99.6 Å². The highest BCUT2D eigenvalue weighted by Crippen LogP contribution is 2.29. The topological polar surface area (TPSA) is 58.3 Å². The van der Waals surface area contributed by atoms with E-state index in [0.717, 1.165) is 6.42 Å². The van der Waals surface area contributed by atoms with Gasteiger partial charge in [-0.25, -0.2) is 8.78 Å². The summed E-state index contributed by atoms with van der Waals surface area (Å²) in [5.41, 5.74) is 6.13. The second-order valence-corrected chi connectivity index (χ2v) is 4.06. The number of aliphatic hydroxyl groups excluding tert-OH is 1. The van der Waals surface area contributed by atoms with Gasteiger partial charge in [0.25, 0.3) is 6.43 Å². The van der Waals surface area contributed by atoms with Crippen molar-refractivity contribution in [1.29, 1.82) is 0 Å². The van der Waals surface area contributed by atoms with Crippen LogP contribution < -0.4 is 11.1 Å². The van der Waals surface area contributed by atoms with E-state index < -0.39 is 6.43 Å². The molecule has 17 heavy (non-hydrogen) atoms. The van der Waals surface area contributed by atoms with Gasteiger partial charge in [-0.05, 0) is 38.0 Å². The molecule has 1 rings (SSSR count). The number of anilines is 2. The second-order valence-electron chi connectivity index (χ2n) is 4.06. The zero-order chi connectivity index (χ0) is 12.8. The van der Waals surface area contributed by atoms with E-state index in [-0.39, 0.29) is 18.2 Å². The third kappa shape index (κ3) is 4.19. The molecule has 1 aromatic rings. The van der Waals surface area contributed by atoms with E-state index in [1.807, 2.05) is 6.92 Å². The van der Waals surface area contributed by atoms with Crippen LogP contribution >= 0.6 is 0 Å². The summed E-state index contributed by atoms with van der Waals surface area (Å²) in [5, 5.41) is 11.7. The lowest BCUT2D eigenvalue weighted by Gasteiger charge is -2.18. The Morgan fingerprint density at radius 1 is 1.41 bits per heavy atom. The van der Waals surface area contributed by atoms with Crippen molar-refractivity contribution in [1.82, 2.24) is 0 Å². The van der Waals surface area contributed by atoms with Gasteiger partial charge in [0.15, 0.2) is 0 Å². The van der Waals surface area contributed by atoms with Gasteiger partial charge >= 0.3 is 0 Å². The number of hydrogen-bond donors (Lipinski definition) is 3. The zero-order valence-electron chi connectivity index (χ0n) is 9.79. The summed E-state index contributed by atoms with van der Waals surface area (Å²) in [7, 11) is 0. The molecule has 0 heterocycles. The molecule has 3 nitrogen and oxygen atoms in total. The molecule has 1 aromatic carbocycles. The maximum Gasteiger partial charge on any atom is 0.265 e. The van der Waals surface area contributed by atoms with Crippen molar-refractivity contribution in [2.24, 2.45) is 0 Å². The van der Waals surface area contributed by atoms with Crippen LogP contribution in [0.25, 0.3) is 0 Å². The number of nitrogens with one attached hydrogen (secondary N) is 1. The molecule has 1 atom stereocenters. The molecule has 0 saturated heterocycles. The van der Waals surface area contributed by atoms with Gasteiger partial charge in [0.05, 0.1) is 0 Å². The van der Waals surface area contributed by atoms with E-state index in [0.29, 0.717) is 17.8 Å². The minimum atomic E-state index is -2.55. The Balaban J connectivity index is 2.76. The fourth-order valence-electron chi connectivity index (χ4n) is 1.63. The molecular formula is C12H18F2N2O. The van der Waals surface area contributed by atoms with E-state index >= 15 is 0 Å². The standard InChI is InChI=1S/C12H18F2N2O/c1-8(3-2-6-17)16-11-5-4-9(15)7-10(11)12(13)14/h4-5,7-8,12,16-17H,2-3,6,15H2,1H3. The van der Waals surface area contributed by atoms with Crippen molar-refractivity contribution in [2.75, 3.05) is 17.7 Å². The normalized spacial score (nSPS) is 12.8. The minimum Gasteiger partial charge on any atom is -0.399 e. The van der Waals surface area contributed by atoms with Crippen LogP contribution in [0.1, 0.15) is 31.8 Å². The monoisotopic (exact) mass is 244 g/mol. The van der Waals surface area contributed by atoms with E-state index in [1.54, 1.807) is 12.1 Å². The molecular weight excluding hydrogens is 226 g/mol. The fraction of sp³-hybridized carbons (Fsp3) is 0.500. The van der Waals surface area contributed by atoms with Gasteiger partial charge in [0, 0.05) is 29.6 Å². The molecule has 0 aromatic heterocycles. The van der Waals surface area contributed by atoms with Crippen molar-refractivity contribution < 1.29 is 13.9 Å². The summed E-state index contributed by atoms with van der Waals surface area (Å²) in [6, 6.07) is 4.47. The van der Waals surface area contributed by atoms with Crippen LogP contribution in [-0.2, 0) is 0 Å². The molecule has 0 saturated carbocycles. The van der Waals surface area contributed by atoms with Gasteiger partial charge in [-0.2, -0.15) is 0 Å². The minimum absolute atomic E-state index is 0.0308. The molecule has 1 unspecified atom stereocenters. The van der Waals surface area contributed by atoms with Crippen LogP contribution in [0.15, 0.2) is 18.2 Å². The van der Waals surface area contributed by atoms with Crippen LogP contribution in [0, 0.1) is 0 Å². The number of nitrogens with two attached hydrogens (primary N) is 1. The largest absolute Gasteiger partial charge is 0.399 e. The highest BCUT2D eigenvalue weighted by molar-refractivity contribution is 5.59. The average Bonchev–Trinajstić information content (AvgIpc) is 2.28. The lowest BCUT2D eigenvalue weighted by Crippen LogP contribution is -2.16. The predicted molar refractivity (Wildman–Crippen MR) is 65.2 cm³/mol.